The summed E-state index contributed by atoms with van der Waals surface area (Å²) in [5.74, 6) is -1.31. The number of aromatic nitrogens is 1. The molecule has 32 heavy (non-hydrogen) atoms. The third-order valence-corrected chi connectivity index (χ3v) is 5.62. The fourth-order valence-electron chi connectivity index (χ4n) is 3.83. The second-order valence-electron chi connectivity index (χ2n) is 7.50. The zero-order valence-electron chi connectivity index (χ0n) is 18.5. The van der Waals surface area contributed by atoms with Crippen LogP contribution < -0.4 is 10.6 Å². The van der Waals surface area contributed by atoms with Crippen LogP contribution in [0.5, 0.6) is 0 Å². The molecule has 2 heterocycles. The first kappa shape index (κ1) is 23.1. The van der Waals surface area contributed by atoms with Crippen molar-refractivity contribution in [2.24, 2.45) is 5.11 Å². The van der Waals surface area contributed by atoms with Gasteiger partial charge in [-0.1, -0.05) is 19.0 Å². The number of H-pyrrole nitrogens is 1. The predicted molar refractivity (Wildman–Crippen MR) is 122 cm³/mol. The molecule has 1 aromatic heterocycles. The van der Waals surface area contributed by atoms with E-state index in [0.29, 0.717) is 40.3 Å². The third-order valence-electron chi connectivity index (χ3n) is 5.62. The number of halogens is 1. The van der Waals surface area contributed by atoms with Gasteiger partial charge < -0.3 is 20.5 Å². The number of hydrogen-bond donors (Lipinski definition) is 3. The largest absolute Gasteiger partial charge is 0.358 e. The number of amides is 2. The second-order valence-corrected chi connectivity index (χ2v) is 7.50. The minimum Gasteiger partial charge on any atom is -0.358 e. The van der Waals surface area contributed by atoms with Gasteiger partial charge in [0.15, 0.2) is 0 Å². The fraction of sp³-hybridized carbons (Fsp3) is 0.364. The van der Waals surface area contributed by atoms with Crippen molar-refractivity contribution < 1.29 is 14.0 Å². The monoisotopic (exact) mass is 439 g/mol. The number of azide groups is 1. The van der Waals surface area contributed by atoms with Gasteiger partial charge in [0.05, 0.1) is 22.5 Å². The summed E-state index contributed by atoms with van der Waals surface area (Å²) in [5.41, 5.74) is 12.0. The molecule has 0 aliphatic carbocycles. The number of carbonyl (C=O) groups excluding carboxylic acids is 2. The molecule has 0 radical (unpaired) electrons. The smallest absolute Gasteiger partial charge is 0.256 e. The van der Waals surface area contributed by atoms with Crippen molar-refractivity contribution in [3.8, 4) is 0 Å². The molecule has 9 nitrogen and oxygen atoms in total. The molecule has 0 atom stereocenters. The van der Waals surface area contributed by atoms with Crippen LogP contribution in [0, 0.1) is 19.7 Å². The van der Waals surface area contributed by atoms with Crippen LogP contribution in [0.1, 0.15) is 46.7 Å². The number of likely N-dealkylation sites (N-methyl/N-ethyl adjacent to an activating group) is 1. The number of carbonyl (C=O) groups is 2. The highest BCUT2D eigenvalue weighted by Crippen LogP contribution is 2.38. The quantitative estimate of drug-likeness (QED) is 0.246. The summed E-state index contributed by atoms with van der Waals surface area (Å²) in [6, 6.07) is 2.46. The van der Waals surface area contributed by atoms with Crippen LogP contribution in [0.2, 0.25) is 0 Å². The minimum atomic E-state index is -0.723. The summed E-state index contributed by atoms with van der Waals surface area (Å²) in [6.45, 7) is 10.9. The van der Waals surface area contributed by atoms with Crippen LogP contribution in [0.25, 0.3) is 22.1 Å². The van der Waals surface area contributed by atoms with Gasteiger partial charge in [-0.05, 0) is 56.2 Å². The Morgan fingerprint density at radius 1 is 1.31 bits per heavy atom. The summed E-state index contributed by atoms with van der Waals surface area (Å²) >= 11 is 0. The summed E-state index contributed by atoms with van der Waals surface area (Å²) < 4.78 is 14.0. The van der Waals surface area contributed by atoms with E-state index >= 15 is 0 Å². The second kappa shape index (κ2) is 9.67. The molecule has 0 fully saturated rings. The van der Waals surface area contributed by atoms with E-state index in [1.165, 1.54) is 6.07 Å². The van der Waals surface area contributed by atoms with E-state index in [1.807, 2.05) is 0 Å². The first-order valence-corrected chi connectivity index (χ1v) is 10.4. The first-order chi connectivity index (χ1) is 15.3. The molecule has 3 rings (SSSR count). The van der Waals surface area contributed by atoms with Crippen LogP contribution in [-0.2, 0) is 4.79 Å². The Morgan fingerprint density at radius 2 is 2.03 bits per heavy atom. The van der Waals surface area contributed by atoms with Gasteiger partial charge in [0.1, 0.15) is 5.82 Å². The molecule has 2 amide bonds. The van der Waals surface area contributed by atoms with Gasteiger partial charge in [-0.2, -0.15) is 0 Å². The maximum absolute atomic E-state index is 14.0. The lowest BCUT2D eigenvalue weighted by Gasteiger charge is -2.18. The Bertz CT molecular complexity index is 1140. The van der Waals surface area contributed by atoms with Crippen LogP contribution in [0.15, 0.2) is 17.2 Å². The number of benzene rings is 1. The Labute approximate surface area is 185 Å². The number of anilines is 1. The average Bonchev–Trinajstić information content (AvgIpc) is 3.20. The number of aromatic amines is 1. The van der Waals surface area contributed by atoms with E-state index in [-0.39, 0.29) is 17.2 Å². The van der Waals surface area contributed by atoms with Gasteiger partial charge in [-0.25, -0.2) is 4.39 Å². The van der Waals surface area contributed by atoms with Crippen molar-refractivity contribution in [3.63, 3.8) is 0 Å². The van der Waals surface area contributed by atoms with Crippen molar-refractivity contribution in [2.45, 2.75) is 27.7 Å². The van der Waals surface area contributed by atoms with Crippen LogP contribution in [-0.4, -0.2) is 47.9 Å². The van der Waals surface area contributed by atoms with Crippen molar-refractivity contribution in [1.82, 2.24) is 15.2 Å². The molecule has 2 aromatic rings. The molecule has 10 heteroatoms. The van der Waals surface area contributed by atoms with E-state index in [9.17, 15) is 14.0 Å². The van der Waals surface area contributed by atoms with E-state index in [1.54, 1.807) is 19.9 Å². The van der Waals surface area contributed by atoms with Crippen LogP contribution in [0.4, 0.5) is 15.8 Å². The highest BCUT2D eigenvalue weighted by Gasteiger charge is 2.27. The zero-order chi connectivity index (χ0) is 23.4. The number of nitrogens with zero attached hydrogens (tertiary/aromatic N) is 4. The van der Waals surface area contributed by atoms with Crippen LogP contribution >= 0.6 is 0 Å². The molecule has 1 aliphatic heterocycles. The molecule has 168 valence electrons. The number of aryl methyl sites for hydroxylation is 1. The normalized spacial score (nSPS) is 13.8. The Balaban J connectivity index is 1.90. The molecule has 0 bridgehead atoms. The average molecular weight is 439 g/mol. The lowest BCUT2D eigenvalue weighted by molar-refractivity contribution is -0.110. The van der Waals surface area contributed by atoms with E-state index < -0.39 is 11.7 Å². The van der Waals surface area contributed by atoms with Gasteiger partial charge in [0, 0.05) is 35.0 Å². The van der Waals surface area contributed by atoms with Crippen molar-refractivity contribution in [2.75, 3.05) is 31.5 Å². The van der Waals surface area contributed by atoms with Crippen molar-refractivity contribution in [3.05, 3.63) is 56.5 Å². The predicted octanol–water partition coefficient (Wildman–Crippen LogP) is 4.28. The van der Waals surface area contributed by atoms with Crippen molar-refractivity contribution >= 4 is 34.8 Å². The van der Waals surface area contributed by atoms with E-state index in [0.717, 1.165) is 25.7 Å². The minimum absolute atomic E-state index is 0.183. The lowest BCUT2D eigenvalue weighted by atomic mass is 10.0. The van der Waals surface area contributed by atoms with E-state index in [2.05, 4.69) is 44.4 Å². The Hall–Kier alpha value is -3.62. The molecule has 0 saturated heterocycles. The lowest BCUT2D eigenvalue weighted by Crippen LogP contribution is -2.35. The molecular weight excluding hydrogens is 413 g/mol. The maximum Gasteiger partial charge on any atom is 0.256 e. The van der Waals surface area contributed by atoms with Gasteiger partial charge in [0.2, 0.25) is 0 Å². The molecule has 1 aromatic carbocycles. The number of hydrogen-bond acceptors (Lipinski definition) is 4. The zero-order valence-corrected chi connectivity index (χ0v) is 18.5. The SMILES string of the molecule is CCN(CC)CCNC(=O)c1c(C)[nH]c(/C=C2\C(=O)Nc3cc(F)c(N=[N+]=[N-])cc32)c1C. The molecule has 0 unspecified atom stereocenters. The topological polar surface area (TPSA) is 126 Å². The maximum atomic E-state index is 14.0. The number of nitrogens with one attached hydrogen (secondary N) is 3. The molecular formula is C22H26FN7O2. The standard InChI is InChI=1S/C22H26FN7O2/c1-5-30(6-2)8-7-25-22(32)20-12(3)17(26-13(20)4)10-15-14-9-19(28-29-24)16(23)11-18(14)27-21(15)31/h9-11,26H,5-8H2,1-4H3,(H,25,32)(H,27,31)/b15-10-. The van der Waals surface area contributed by atoms with E-state index in [4.69, 9.17) is 5.53 Å². The van der Waals surface area contributed by atoms with Gasteiger partial charge in [-0.3, -0.25) is 9.59 Å². The highest BCUT2D eigenvalue weighted by molar-refractivity contribution is 6.35. The fourth-order valence-corrected chi connectivity index (χ4v) is 3.83. The van der Waals surface area contributed by atoms with Gasteiger partial charge >= 0.3 is 0 Å². The summed E-state index contributed by atoms with van der Waals surface area (Å²) in [6.07, 6.45) is 1.62. The molecule has 1 aliphatic rings. The summed E-state index contributed by atoms with van der Waals surface area (Å²) in [5, 5.41) is 8.90. The molecule has 0 spiro atoms. The summed E-state index contributed by atoms with van der Waals surface area (Å²) in [7, 11) is 0. The number of fused-ring (bicyclic) bond motifs is 1. The van der Waals surface area contributed by atoms with Gasteiger partial charge in [0.25, 0.3) is 11.8 Å². The Kier molecular flexibility index (Phi) is 6.97. The van der Waals surface area contributed by atoms with Crippen LogP contribution in [0.3, 0.4) is 0 Å². The number of rotatable bonds is 8. The highest BCUT2D eigenvalue weighted by atomic mass is 19.1. The first-order valence-electron chi connectivity index (χ1n) is 10.4. The van der Waals surface area contributed by atoms with Crippen molar-refractivity contribution in [1.29, 1.82) is 0 Å². The van der Waals surface area contributed by atoms with Gasteiger partial charge in [-0.15, -0.1) is 0 Å². The summed E-state index contributed by atoms with van der Waals surface area (Å²) in [4.78, 5) is 33.3. The molecule has 3 N–H and O–H groups in total. The third kappa shape index (κ3) is 4.51. The molecule has 0 saturated carbocycles. The Morgan fingerprint density at radius 3 is 2.69 bits per heavy atom.